The standard InChI is InChI=1S/C10H13BrN2OS.ClH/c11-9-4-3-8(15-9)10(14)13-6-7-2-1-5-12-7;/h3-4,7,12H,1-2,5-6H2,(H,13,14);1H. The van der Waals surface area contributed by atoms with E-state index in [1.165, 1.54) is 17.8 Å². The molecule has 0 spiro atoms. The fraction of sp³-hybridized carbons (Fsp3) is 0.500. The van der Waals surface area contributed by atoms with E-state index in [1.54, 1.807) is 0 Å². The van der Waals surface area contributed by atoms with E-state index in [4.69, 9.17) is 0 Å². The van der Waals surface area contributed by atoms with Crippen LogP contribution in [-0.2, 0) is 0 Å². The summed E-state index contributed by atoms with van der Waals surface area (Å²) in [6, 6.07) is 4.19. The van der Waals surface area contributed by atoms with Crippen LogP contribution in [0.1, 0.15) is 22.5 Å². The number of thiophene rings is 1. The summed E-state index contributed by atoms with van der Waals surface area (Å²) in [5.74, 6) is 0.0272. The molecule has 1 aliphatic rings. The summed E-state index contributed by atoms with van der Waals surface area (Å²) >= 11 is 4.81. The summed E-state index contributed by atoms with van der Waals surface area (Å²) in [5.41, 5.74) is 0. The molecule has 1 aromatic rings. The van der Waals surface area contributed by atoms with Crippen LogP contribution in [0.2, 0.25) is 0 Å². The lowest BCUT2D eigenvalue weighted by Crippen LogP contribution is -2.36. The van der Waals surface area contributed by atoms with E-state index in [0.29, 0.717) is 6.04 Å². The Bertz CT molecular complexity index is 352. The van der Waals surface area contributed by atoms with Crippen LogP contribution in [0.3, 0.4) is 0 Å². The second-order valence-electron chi connectivity index (χ2n) is 3.61. The third-order valence-electron chi connectivity index (χ3n) is 2.47. The molecule has 1 unspecified atom stereocenters. The highest BCUT2D eigenvalue weighted by molar-refractivity contribution is 9.11. The van der Waals surface area contributed by atoms with Crippen LogP contribution < -0.4 is 10.6 Å². The summed E-state index contributed by atoms with van der Waals surface area (Å²) in [7, 11) is 0. The van der Waals surface area contributed by atoms with Crippen LogP contribution in [-0.4, -0.2) is 25.0 Å². The summed E-state index contributed by atoms with van der Waals surface area (Å²) in [5, 5.41) is 6.29. The molecule has 1 atom stereocenters. The van der Waals surface area contributed by atoms with Crippen molar-refractivity contribution in [3.63, 3.8) is 0 Å². The van der Waals surface area contributed by atoms with Crippen molar-refractivity contribution in [3.05, 3.63) is 20.8 Å². The SMILES string of the molecule is Cl.O=C(NCC1CCCN1)c1ccc(Br)s1. The maximum Gasteiger partial charge on any atom is 0.261 e. The number of halogens is 2. The van der Waals surface area contributed by atoms with Crippen molar-refractivity contribution >= 4 is 45.6 Å². The Hall–Kier alpha value is -0.100. The van der Waals surface area contributed by atoms with Gasteiger partial charge in [-0.3, -0.25) is 4.79 Å². The van der Waals surface area contributed by atoms with Crippen molar-refractivity contribution in [1.82, 2.24) is 10.6 Å². The van der Waals surface area contributed by atoms with Gasteiger partial charge in [0.1, 0.15) is 0 Å². The zero-order valence-corrected chi connectivity index (χ0v) is 11.9. The first kappa shape index (κ1) is 14.0. The minimum Gasteiger partial charge on any atom is -0.350 e. The Labute approximate surface area is 114 Å². The molecule has 0 radical (unpaired) electrons. The van der Waals surface area contributed by atoms with Gasteiger partial charge in [0.2, 0.25) is 0 Å². The minimum atomic E-state index is 0. The van der Waals surface area contributed by atoms with Crippen molar-refractivity contribution in [1.29, 1.82) is 0 Å². The molecule has 0 aromatic carbocycles. The molecular formula is C10H14BrClN2OS. The second-order valence-corrected chi connectivity index (χ2v) is 6.07. The van der Waals surface area contributed by atoms with Crippen LogP contribution in [0.15, 0.2) is 15.9 Å². The van der Waals surface area contributed by atoms with Crippen LogP contribution in [0.25, 0.3) is 0 Å². The number of hydrogen-bond donors (Lipinski definition) is 2. The van der Waals surface area contributed by atoms with Gasteiger partial charge >= 0.3 is 0 Å². The van der Waals surface area contributed by atoms with Gasteiger partial charge in [-0.2, -0.15) is 0 Å². The quantitative estimate of drug-likeness (QED) is 0.896. The van der Waals surface area contributed by atoms with Gasteiger partial charge in [0.25, 0.3) is 5.91 Å². The molecule has 90 valence electrons. The first-order valence-electron chi connectivity index (χ1n) is 5.02. The fourth-order valence-electron chi connectivity index (χ4n) is 1.67. The number of amides is 1. The molecule has 1 aromatic heterocycles. The number of rotatable bonds is 3. The van der Waals surface area contributed by atoms with E-state index in [1.807, 2.05) is 12.1 Å². The molecule has 1 amide bonds. The van der Waals surface area contributed by atoms with Crippen molar-refractivity contribution < 1.29 is 4.79 Å². The van der Waals surface area contributed by atoms with Crippen molar-refractivity contribution in [2.24, 2.45) is 0 Å². The highest BCUT2D eigenvalue weighted by Gasteiger charge is 2.15. The highest BCUT2D eigenvalue weighted by atomic mass is 79.9. The second kappa shape index (κ2) is 6.59. The number of carbonyl (C=O) groups is 1. The van der Waals surface area contributed by atoms with Gasteiger partial charge in [-0.15, -0.1) is 23.7 Å². The molecule has 3 nitrogen and oxygen atoms in total. The monoisotopic (exact) mass is 324 g/mol. The van der Waals surface area contributed by atoms with E-state index >= 15 is 0 Å². The van der Waals surface area contributed by atoms with E-state index in [0.717, 1.165) is 28.2 Å². The van der Waals surface area contributed by atoms with Crippen LogP contribution >= 0.6 is 39.7 Å². The zero-order chi connectivity index (χ0) is 10.7. The molecule has 1 saturated heterocycles. The Morgan fingerprint density at radius 2 is 2.44 bits per heavy atom. The summed E-state index contributed by atoms with van der Waals surface area (Å²) in [6.07, 6.45) is 2.37. The largest absolute Gasteiger partial charge is 0.350 e. The first-order valence-corrected chi connectivity index (χ1v) is 6.63. The summed E-state index contributed by atoms with van der Waals surface area (Å²) in [4.78, 5) is 12.4. The van der Waals surface area contributed by atoms with Crippen molar-refractivity contribution in [2.75, 3.05) is 13.1 Å². The molecule has 0 bridgehead atoms. The van der Waals surface area contributed by atoms with Gasteiger partial charge < -0.3 is 10.6 Å². The van der Waals surface area contributed by atoms with Crippen LogP contribution in [0, 0.1) is 0 Å². The molecule has 0 saturated carbocycles. The molecule has 1 aliphatic heterocycles. The molecule has 2 rings (SSSR count). The number of nitrogens with one attached hydrogen (secondary N) is 2. The lowest BCUT2D eigenvalue weighted by Gasteiger charge is -2.10. The Morgan fingerprint density at radius 1 is 1.62 bits per heavy atom. The van der Waals surface area contributed by atoms with Gasteiger partial charge in [-0.25, -0.2) is 0 Å². The van der Waals surface area contributed by atoms with E-state index in [-0.39, 0.29) is 18.3 Å². The van der Waals surface area contributed by atoms with Gasteiger partial charge in [-0.1, -0.05) is 0 Å². The van der Waals surface area contributed by atoms with Gasteiger partial charge in [0.15, 0.2) is 0 Å². The molecule has 6 heteroatoms. The van der Waals surface area contributed by atoms with Crippen LogP contribution in [0.4, 0.5) is 0 Å². The van der Waals surface area contributed by atoms with Crippen molar-refractivity contribution in [3.8, 4) is 0 Å². The normalized spacial score (nSPS) is 19.2. The smallest absolute Gasteiger partial charge is 0.261 e. The lowest BCUT2D eigenvalue weighted by molar-refractivity contribution is 0.0954. The summed E-state index contributed by atoms with van der Waals surface area (Å²) < 4.78 is 0.992. The molecule has 0 aliphatic carbocycles. The van der Waals surface area contributed by atoms with E-state index in [9.17, 15) is 4.79 Å². The molecule has 1 fully saturated rings. The Morgan fingerprint density at radius 3 is 3.00 bits per heavy atom. The lowest BCUT2D eigenvalue weighted by atomic mass is 10.2. The Kier molecular flexibility index (Phi) is 5.75. The number of hydrogen-bond acceptors (Lipinski definition) is 3. The third kappa shape index (κ3) is 3.73. The van der Waals surface area contributed by atoms with E-state index < -0.39 is 0 Å². The highest BCUT2D eigenvalue weighted by Crippen LogP contribution is 2.21. The number of carbonyl (C=O) groups excluding carboxylic acids is 1. The minimum absolute atomic E-state index is 0. The van der Waals surface area contributed by atoms with Gasteiger partial charge in [0, 0.05) is 12.6 Å². The van der Waals surface area contributed by atoms with Crippen LogP contribution in [0.5, 0.6) is 0 Å². The molecule has 16 heavy (non-hydrogen) atoms. The van der Waals surface area contributed by atoms with Crippen molar-refractivity contribution in [2.45, 2.75) is 18.9 Å². The van der Waals surface area contributed by atoms with E-state index in [2.05, 4.69) is 26.6 Å². The average Bonchev–Trinajstić information content (AvgIpc) is 2.84. The predicted molar refractivity (Wildman–Crippen MR) is 72.6 cm³/mol. The van der Waals surface area contributed by atoms with Gasteiger partial charge in [0.05, 0.1) is 8.66 Å². The molecule has 2 heterocycles. The molecular weight excluding hydrogens is 312 g/mol. The topological polar surface area (TPSA) is 41.1 Å². The predicted octanol–water partition coefficient (Wildman–Crippen LogP) is 2.41. The molecule has 2 N–H and O–H groups in total. The summed E-state index contributed by atoms with van der Waals surface area (Å²) in [6.45, 7) is 1.80. The maximum atomic E-state index is 11.7. The first-order chi connectivity index (χ1) is 7.25. The fourth-order valence-corrected chi connectivity index (χ4v) is 2.97. The maximum absolute atomic E-state index is 11.7. The average molecular weight is 326 g/mol. The van der Waals surface area contributed by atoms with Gasteiger partial charge in [-0.05, 0) is 47.4 Å². The Balaban J connectivity index is 0.00000128. The third-order valence-corrected chi connectivity index (χ3v) is 4.09. The zero-order valence-electron chi connectivity index (χ0n) is 8.66.